The Hall–Kier alpha value is -1.36. The molecule has 0 radical (unpaired) electrons. The maximum absolute atomic E-state index is 11.5. The van der Waals surface area contributed by atoms with E-state index in [2.05, 4.69) is 6.58 Å². The molecule has 0 saturated carbocycles. The van der Waals surface area contributed by atoms with Crippen LogP contribution in [0.4, 0.5) is 0 Å². The smallest absolute Gasteiger partial charge is 0.260 e. The van der Waals surface area contributed by atoms with E-state index in [1.54, 1.807) is 12.2 Å². The summed E-state index contributed by atoms with van der Waals surface area (Å²) < 4.78 is 25.0. The zero-order valence-electron chi connectivity index (χ0n) is 8.49. The van der Waals surface area contributed by atoms with Crippen molar-refractivity contribution in [2.75, 3.05) is 0 Å². The van der Waals surface area contributed by atoms with Crippen LogP contribution in [-0.4, -0.2) is 14.3 Å². The van der Waals surface area contributed by atoms with Crippen LogP contribution in [0.1, 0.15) is 19.8 Å². The Morgan fingerprint density at radius 3 is 2.53 bits per heavy atom. The molecule has 15 heavy (non-hydrogen) atoms. The Bertz CT molecular complexity index is 443. The number of rotatable bonds is 3. The van der Waals surface area contributed by atoms with Crippen molar-refractivity contribution in [3.63, 3.8) is 0 Å². The number of allylic oxidation sites excluding steroid dienone is 5. The Morgan fingerprint density at radius 1 is 1.47 bits per heavy atom. The molecule has 1 amide bonds. The van der Waals surface area contributed by atoms with Crippen molar-refractivity contribution < 1.29 is 13.2 Å². The third-order valence-electron chi connectivity index (χ3n) is 2.03. The first-order valence-electron chi connectivity index (χ1n) is 4.51. The first-order chi connectivity index (χ1) is 6.95. The summed E-state index contributed by atoms with van der Waals surface area (Å²) in [5, 5.41) is 0. The summed E-state index contributed by atoms with van der Waals surface area (Å²) in [6.45, 7) is 4.78. The molecule has 0 unspecified atom stereocenters. The molecule has 0 spiro atoms. The van der Waals surface area contributed by atoms with Gasteiger partial charge in [-0.3, -0.25) is 4.79 Å². The van der Waals surface area contributed by atoms with Gasteiger partial charge in [-0.15, -0.1) is 0 Å². The summed E-state index contributed by atoms with van der Waals surface area (Å²) in [5.41, 5.74) is 0.997. The predicted molar refractivity (Wildman–Crippen MR) is 58.3 cm³/mol. The molecule has 0 saturated heterocycles. The fraction of sp³-hybridized carbons (Fsp3) is 0.300. The molecule has 0 aromatic rings. The average molecular weight is 227 g/mol. The van der Waals surface area contributed by atoms with Gasteiger partial charge in [-0.1, -0.05) is 18.7 Å². The highest BCUT2D eigenvalue weighted by atomic mass is 32.2. The molecular weight excluding hydrogens is 214 g/mol. The van der Waals surface area contributed by atoms with Crippen LogP contribution in [0.2, 0.25) is 0 Å². The van der Waals surface area contributed by atoms with E-state index in [1.165, 1.54) is 13.0 Å². The number of amides is 1. The first kappa shape index (κ1) is 11.7. The topological polar surface area (TPSA) is 63.2 Å². The normalized spacial score (nSPS) is 16.3. The molecule has 0 heterocycles. The van der Waals surface area contributed by atoms with Crippen molar-refractivity contribution in [3.8, 4) is 0 Å². The predicted octanol–water partition coefficient (Wildman–Crippen LogP) is 1.24. The molecule has 0 aromatic heterocycles. The third-order valence-corrected chi connectivity index (χ3v) is 3.62. The lowest BCUT2D eigenvalue weighted by Gasteiger charge is -2.12. The van der Waals surface area contributed by atoms with Crippen molar-refractivity contribution in [1.29, 1.82) is 0 Å². The van der Waals surface area contributed by atoms with Crippen LogP contribution in [0.5, 0.6) is 0 Å². The minimum atomic E-state index is -3.63. The second kappa shape index (κ2) is 4.44. The summed E-state index contributed by atoms with van der Waals surface area (Å²) in [7, 11) is -3.63. The standard InChI is InChI=1S/C10H13NO3S/c1-3-9-4-6-10(7-5-9)15(13,14)11-8(2)12/h3-4,6H,1,5,7H2,2H3,(H,11,12). The fourth-order valence-electron chi connectivity index (χ4n) is 1.28. The molecule has 1 aliphatic carbocycles. The van der Waals surface area contributed by atoms with E-state index < -0.39 is 15.9 Å². The molecule has 0 fully saturated rings. The van der Waals surface area contributed by atoms with Gasteiger partial charge in [0.05, 0.1) is 4.91 Å². The second-order valence-electron chi connectivity index (χ2n) is 3.24. The maximum Gasteiger partial charge on any atom is 0.260 e. The minimum absolute atomic E-state index is 0.239. The van der Waals surface area contributed by atoms with E-state index in [9.17, 15) is 13.2 Å². The highest BCUT2D eigenvalue weighted by Crippen LogP contribution is 2.22. The van der Waals surface area contributed by atoms with Gasteiger partial charge < -0.3 is 0 Å². The average Bonchev–Trinajstić information content (AvgIpc) is 2.16. The molecule has 0 aromatic carbocycles. The zero-order chi connectivity index (χ0) is 11.5. The Kier molecular flexibility index (Phi) is 3.47. The van der Waals surface area contributed by atoms with Gasteiger partial charge >= 0.3 is 0 Å². The van der Waals surface area contributed by atoms with E-state index in [4.69, 9.17) is 0 Å². The molecule has 1 rings (SSSR count). The summed E-state index contributed by atoms with van der Waals surface area (Å²) >= 11 is 0. The van der Waals surface area contributed by atoms with Crippen LogP contribution in [-0.2, 0) is 14.8 Å². The van der Waals surface area contributed by atoms with Crippen molar-refractivity contribution >= 4 is 15.9 Å². The number of nitrogens with one attached hydrogen (secondary N) is 1. The molecule has 4 nitrogen and oxygen atoms in total. The summed E-state index contributed by atoms with van der Waals surface area (Å²) in [6.07, 6.45) is 5.93. The molecule has 82 valence electrons. The lowest BCUT2D eigenvalue weighted by molar-refractivity contribution is -0.117. The van der Waals surface area contributed by atoms with E-state index in [0.29, 0.717) is 12.8 Å². The highest BCUT2D eigenvalue weighted by Gasteiger charge is 2.19. The number of carbonyl (C=O) groups excluding carboxylic acids is 1. The molecule has 1 aliphatic rings. The van der Waals surface area contributed by atoms with Crippen LogP contribution in [0.25, 0.3) is 0 Å². The number of carbonyl (C=O) groups is 1. The lowest BCUT2D eigenvalue weighted by atomic mass is 10.1. The van der Waals surface area contributed by atoms with Crippen LogP contribution in [0.3, 0.4) is 0 Å². The molecule has 1 N–H and O–H groups in total. The van der Waals surface area contributed by atoms with E-state index in [-0.39, 0.29) is 4.91 Å². The third kappa shape index (κ3) is 3.06. The summed E-state index contributed by atoms with van der Waals surface area (Å²) in [5.74, 6) is -0.575. The highest BCUT2D eigenvalue weighted by molar-refractivity contribution is 7.93. The Balaban J connectivity index is 2.91. The first-order valence-corrected chi connectivity index (χ1v) is 5.99. The quantitative estimate of drug-likeness (QED) is 0.789. The van der Waals surface area contributed by atoms with Crippen molar-refractivity contribution in [2.45, 2.75) is 19.8 Å². The monoisotopic (exact) mass is 227 g/mol. The molecule has 0 atom stereocenters. The Labute approximate surface area is 89.4 Å². The van der Waals surface area contributed by atoms with Gasteiger partial charge in [0, 0.05) is 6.92 Å². The van der Waals surface area contributed by atoms with Crippen LogP contribution in [0.15, 0.2) is 35.3 Å². The number of hydrogen-bond donors (Lipinski definition) is 1. The van der Waals surface area contributed by atoms with Crippen LogP contribution in [0, 0.1) is 0 Å². The van der Waals surface area contributed by atoms with E-state index in [0.717, 1.165) is 5.57 Å². The van der Waals surface area contributed by atoms with Gasteiger partial charge in [0.25, 0.3) is 10.0 Å². The zero-order valence-corrected chi connectivity index (χ0v) is 9.30. The number of hydrogen-bond acceptors (Lipinski definition) is 3. The lowest BCUT2D eigenvalue weighted by Crippen LogP contribution is -2.29. The maximum atomic E-state index is 11.5. The SMILES string of the molecule is C=CC1=CC=C(S(=O)(=O)NC(C)=O)CC1. The minimum Gasteiger partial charge on any atom is -0.274 e. The van der Waals surface area contributed by atoms with Gasteiger partial charge in [0.2, 0.25) is 5.91 Å². The van der Waals surface area contributed by atoms with Crippen molar-refractivity contribution in [3.05, 3.63) is 35.3 Å². The molecule has 0 aliphatic heterocycles. The van der Waals surface area contributed by atoms with Crippen LogP contribution >= 0.6 is 0 Å². The molecular formula is C10H13NO3S. The largest absolute Gasteiger partial charge is 0.274 e. The Morgan fingerprint density at radius 2 is 2.13 bits per heavy atom. The second-order valence-corrected chi connectivity index (χ2v) is 4.98. The van der Waals surface area contributed by atoms with Crippen molar-refractivity contribution in [2.24, 2.45) is 0 Å². The molecule has 5 heteroatoms. The van der Waals surface area contributed by atoms with Gasteiger partial charge in [-0.05, 0) is 24.5 Å². The fourth-order valence-corrected chi connectivity index (χ4v) is 2.41. The number of sulfonamides is 1. The van der Waals surface area contributed by atoms with Gasteiger partial charge in [0.1, 0.15) is 0 Å². The van der Waals surface area contributed by atoms with Crippen LogP contribution < -0.4 is 4.72 Å². The van der Waals surface area contributed by atoms with E-state index in [1.807, 2.05) is 4.72 Å². The van der Waals surface area contributed by atoms with Gasteiger partial charge in [-0.25, -0.2) is 13.1 Å². The van der Waals surface area contributed by atoms with Gasteiger partial charge in [-0.2, -0.15) is 0 Å². The van der Waals surface area contributed by atoms with Gasteiger partial charge in [0.15, 0.2) is 0 Å². The summed E-state index contributed by atoms with van der Waals surface area (Å²) in [6, 6.07) is 0. The molecule has 0 bridgehead atoms. The van der Waals surface area contributed by atoms with Crippen molar-refractivity contribution in [1.82, 2.24) is 4.72 Å². The summed E-state index contributed by atoms with van der Waals surface area (Å²) in [4.78, 5) is 10.9. The van der Waals surface area contributed by atoms with E-state index >= 15 is 0 Å².